The predicted molar refractivity (Wildman–Crippen MR) is 102 cm³/mol. The second-order valence-electron chi connectivity index (χ2n) is 7.13. The SMILES string of the molecule is Cc1cnn([C@H](C)C(=O)Nc2nn(CC(F)(F)F)c3cc(OC(C)C)ccc23)c1. The van der Waals surface area contributed by atoms with E-state index in [1.54, 1.807) is 31.5 Å². The number of rotatable bonds is 6. The number of aryl methyl sites for hydroxylation is 1. The van der Waals surface area contributed by atoms with Crippen LogP contribution < -0.4 is 10.1 Å². The molecule has 3 rings (SSSR count). The summed E-state index contributed by atoms with van der Waals surface area (Å²) in [4.78, 5) is 12.6. The highest BCUT2D eigenvalue weighted by molar-refractivity contribution is 6.01. The molecule has 0 saturated heterocycles. The van der Waals surface area contributed by atoms with Gasteiger partial charge in [-0.3, -0.25) is 14.2 Å². The number of alkyl halides is 3. The molecule has 7 nitrogen and oxygen atoms in total. The van der Waals surface area contributed by atoms with E-state index in [9.17, 15) is 18.0 Å². The molecule has 1 atom stereocenters. The third-order valence-corrected chi connectivity index (χ3v) is 4.17. The number of amides is 1. The lowest BCUT2D eigenvalue weighted by Gasteiger charge is -2.11. The van der Waals surface area contributed by atoms with E-state index >= 15 is 0 Å². The maximum absolute atomic E-state index is 13.0. The number of hydrogen-bond donors (Lipinski definition) is 1. The van der Waals surface area contributed by atoms with Crippen molar-refractivity contribution in [2.75, 3.05) is 5.32 Å². The highest BCUT2D eigenvalue weighted by Gasteiger charge is 2.30. The van der Waals surface area contributed by atoms with Gasteiger partial charge in [-0.2, -0.15) is 23.4 Å². The quantitative estimate of drug-likeness (QED) is 0.666. The second kappa shape index (κ2) is 7.76. The van der Waals surface area contributed by atoms with Gasteiger partial charge in [0.15, 0.2) is 5.82 Å². The molecular formula is C19H22F3N5O2. The van der Waals surface area contributed by atoms with Crippen molar-refractivity contribution in [1.29, 1.82) is 0 Å². The summed E-state index contributed by atoms with van der Waals surface area (Å²) in [6.07, 6.45) is -1.27. The van der Waals surface area contributed by atoms with Crippen molar-refractivity contribution in [3.8, 4) is 5.75 Å². The molecule has 0 unspecified atom stereocenters. The highest BCUT2D eigenvalue weighted by atomic mass is 19.4. The van der Waals surface area contributed by atoms with E-state index in [2.05, 4.69) is 15.5 Å². The number of nitrogens with zero attached hydrogens (tertiary/aromatic N) is 4. The van der Waals surface area contributed by atoms with Gasteiger partial charge in [0, 0.05) is 17.6 Å². The van der Waals surface area contributed by atoms with E-state index < -0.39 is 24.7 Å². The van der Waals surface area contributed by atoms with Crippen molar-refractivity contribution in [1.82, 2.24) is 19.6 Å². The Morgan fingerprint density at radius 3 is 2.59 bits per heavy atom. The lowest BCUT2D eigenvalue weighted by Crippen LogP contribution is -2.24. The molecule has 0 saturated carbocycles. The van der Waals surface area contributed by atoms with E-state index in [-0.39, 0.29) is 17.4 Å². The minimum absolute atomic E-state index is 0.0566. The van der Waals surface area contributed by atoms with E-state index in [1.165, 1.54) is 10.7 Å². The summed E-state index contributed by atoms with van der Waals surface area (Å²) in [5, 5.41) is 11.1. The van der Waals surface area contributed by atoms with Crippen LogP contribution in [0.3, 0.4) is 0 Å². The van der Waals surface area contributed by atoms with Gasteiger partial charge in [-0.1, -0.05) is 0 Å². The van der Waals surface area contributed by atoms with Crippen LogP contribution in [0.15, 0.2) is 30.6 Å². The summed E-state index contributed by atoms with van der Waals surface area (Å²) in [5.74, 6) is 0.0457. The maximum atomic E-state index is 13.0. The van der Waals surface area contributed by atoms with Crippen molar-refractivity contribution in [3.05, 3.63) is 36.2 Å². The number of nitrogens with one attached hydrogen (secondary N) is 1. The van der Waals surface area contributed by atoms with Crippen molar-refractivity contribution in [2.24, 2.45) is 0 Å². The minimum Gasteiger partial charge on any atom is -0.491 e. The molecular weight excluding hydrogens is 387 g/mol. The van der Waals surface area contributed by atoms with Gasteiger partial charge in [-0.15, -0.1) is 0 Å². The first-order valence-electron chi connectivity index (χ1n) is 9.09. The molecule has 3 aromatic rings. The van der Waals surface area contributed by atoms with Gasteiger partial charge in [0.25, 0.3) is 0 Å². The van der Waals surface area contributed by atoms with E-state index in [0.29, 0.717) is 11.1 Å². The van der Waals surface area contributed by atoms with Gasteiger partial charge in [-0.05, 0) is 45.4 Å². The largest absolute Gasteiger partial charge is 0.491 e. The Bertz CT molecular complexity index is 1020. The van der Waals surface area contributed by atoms with Gasteiger partial charge in [0.1, 0.15) is 18.3 Å². The average Bonchev–Trinajstić information content (AvgIpc) is 3.17. The van der Waals surface area contributed by atoms with Crippen molar-refractivity contribution < 1.29 is 22.7 Å². The summed E-state index contributed by atoms with van der Waals surface area (Å²) in [5.41, 5.74) is 1.11. The van der Waals surface area contributed by atoms with Crippen LogP contribution in [-0.4, -0.2) is 37.7 Å². The molecule has 0 aliphatic heterocycles. The number of ether oxygens (including phenoxy) is 1. The number of carbonyl (C=O) groups is 1. The third kappa shape index (κ3) is 4.87. The highest BCUT2D eigenvalue weighted by Crippen LogP contribution is 2.30. The summed E-state index contributed by atoms with van der Waals surface area (Å²) in [7, 11) is 0. The Kier molecular flexibility index (Phi) is 5.54. The first-order valence-corrected chi connectivity index (χ1v) is 9.09. The topological polar surface area (TPSA) is 74.0 Å². The standard InChI is InChI=1S/C19H22F3N5O2/c1-11(2)29-14-5-6-15-16(7-14)27(10-19(20,21)22)25-17(15)24-18(28)13(4)26-9-12(3)8-23-26/h5-9,11,13H,10H2,1-4H3,(H,24,25,28)/t13-/m1/s1. The molecule has 10 heteroatoms. The van der Waals surface area contributed by atoms with Crippen molar-refractivity contribution >= 4 is 22.6 Å². The molecule has 0 radical (unpaired) electrons. The lowest BCUT2D eigenvalue weighted by atomic mass is 10.2. The van der Waals surface area contributed by atoms with Crippen LogP contribution in [-0.2, 0) is 11.3 Å². The van der Waals surface area contributed by atoms with Crippen molar-refractivity contribution in [2.45, 2.75) is 52.6 Å². The molecule has 2 aromatic heterocycles. The summed E-state index contributed by atoms with van der Waals surface area (Å²) >= 11 is 0. The summed E-state index contributed by atoms with van der Waals surface area (Å²) in [6, 6.07) is 4.06. The van der Waals surface area contributed by atoms with Crippen LogP contribution in [0.2, 0.25) is 0 Å². The Balaban J connectivity index is 1.95. The maximum Gasteiger partial charge on any atom is 0.408 e. The number of fused-ring (bicyclic) bond motifs is 1. The van der Waals surface area contributed by atoms with Crippen molar-refractivity contribution in [3.63, 3.8) is 0 Å². The minimum atomic E-state index is -4.46. The fourth-order valence-electron chi connectivity index (χ4n) is 2.87. The third-order valence-electron chi connectivity index (χ3n) is 4.17. The monoisotopic (exact) mass is 409 g/mol. The molecule has 0 spiro atoms. The zero-order valence-electron chi connectivity index (χ0n) is 16.5. The molecule has 1 N–H and O–H groups in total. The van der Waals surface area contributed by atoms with Crippen LogP contribution in [0, 0.1) is 6.92 Å². The van der Waals surface area contributed by atoms with E-state index in [1.807, 2.05) is 20.8 Å². The molecule has 0 bridgehead atoms. The molecule has 1 amide bonds. The molecule has 29 heavy (non-hydrogen) atoms. The second-order valence-corrected chi connectivity index (χ2v) is 7.13. The number of anilines is 1. The Morgan fingerprint density at radius 2 is 2.00 bits per heavy atom. The zero-order valence-corrected chi connectivity index (χ0v) is 16.5. The lowest BCUT2D eigenvalue weighted by molar-refractivity contribution is -0.141. The number of aromatic nitrogens is 4. The first kappa shape index (κ1) is 20.7. The van der Waals surface area contributed by atoms with Crippen LogP contribution in [0.4, 0.5) is 19.0 Å². The van der Waals surface area contributed by atoms with Gasteiger partial charge in [0.05, 0.1) is 17.8 Å². The van der Waals surface area contributed by atoms with E-state index in [0.717, 1.165) is 10.2 Å². The van der Waals surface area contributed by atoms with E-state index in [4.69, 9.17) is 4.74 Å². The summed E-state index contributed by atoms with van der Waals surface area (Å²) in [6.45, 7) is 5.85. The Labute approximate surface area is 165 Å². The Hall–Kier alpha value is -3.04. The molecule has 0 fully saturated rings. The normalized spacial score (nSPS) is 13.1. The smallest absolute Gasteiger partial charge is 0.408 e. The van der Waals surface area contributed by atoms with Gasteiger partial charge < -0.3 is 10.1 Å². The first-order chi connectivity index (χ1) is 13.5. The summed E-state index contributed by atoms with van der Waals surface area (Å²) < 4.78 is 46.9. The predicted octanol–water partition coefficient (Wildman–Crippen LogP) is 4.09. The molecule has 0 aliphatic rings. The molecule has 2 heterocycles. The molecule has 1 aromatic carbocycles. The van der Waals surface area contributed by atoms with Gasteiger partial charge in [-0.25, -0.2) is 0 Å². The zero-order chi connectivity index (χ0) is 21.3. The van der Waals surface area contributed by atoms with Crippen LogP contribution >= 0.6 is 0 Å². The van der Waals surface area contributed by atoms with Gasteiger partial charge in [0.2, 0.25) is 5.91 Å². The molecule has 0 aliphatic carbocycles. The fraction of sp³-hybridized carbons (Fsp3) is 0.421. The number of benzene rings is 1. The number of hydrogen-bond acceptors (Lipinski definition) is 4. The van der Waals surface area contributed by atoms with Crippen LogP contribution in [0.1, 0.15) is 32.4 Å². The number of halogens is 3. The number of carbonyl (C=O) groups excluding carboxylic acids is 1. The van der Waals surface area contributed by atoms with Gasteiger partial charge >= 0.3 is 6.18 Å². The van der Waals surface area contributed by atoms with Crippen LogP contribution in [0.5, 0.6) is 5.75 Å². The average molecular weight is 409 g/mol. The fourth-order valence-corrected chi connectivity index (χ4v) is 2.87. The molecule has 156 valence electrons. The van der Waals surface area contributed by atoms with Crippen LogP contribution in [0.25, 0.3) is 10.9 Å². The Morgan fingerprint density at radius 1 is 1.28 bits per heavy atom.